The van der Waals surface area contributed by atoms with E-state index in [0.29, 0.717) is 17.5 Å². The second kappa shape index (κ2) is 10.2. The largest absolute Gasteiger partial charge is 0.487 e. The number of hydrogen-bond donors (Lipinski definition) is 1. The lowest BCUT2D eigenvalue weighted by atomic mass is 10.0. The Hall–Kier alpha value is -2.49. The number of halogens is 1. The van der Waals surface area contributed by atoms with Gasteiger partial charge in [-0.15, -0.1) is 0 Å². The van der Waals surface area contributed by atoms with Gasteiger partial charge in [-0.1, -0.05) is 32.0 Å². The maximum absolute atomic E-state index is 13.8. The molecule has 3 atom stereocenters. The van der Waals surface area contributed by atoms with Crippen LogP contribution >= 0.6 is 0 Å². The van der Waals surface area contributed by atoms with Crippen molar-refractivity contribution >= 4 is 15.9 Å². The van der Waals surface area contributed by atoms with E-state index in [-0.39, 0.29) is 42.2 Å². The van der Waals surface area contributed by atoms with E-state index >= 15 is 0 Å². The molecule has 7 nitrogen and oxygen atoms in total. The van der Waals surface area contributed by atoms with Crippen LogP contribution in [-0.4, -0.2) is 67.5 Å². The highest BCUT2D eigenvalue weighted by molar-refractivity contribution is 7.89. The minimum absolute atomic E-state index is 0.0238. The Labute approximate surface area is 194 Å². The van der Waals surface area contributed by atoms with Gasteiger partial charge in [0, 0.05) is 32.0 Å². The van der Waals surface area contributed by atoms with E-state index < -0.39 is 28.0 Å². The van der Waals surface area contributed by atoms with Crippen LogP contribution in [0.2, 0.25) is 0 Å². The lowest BCUT2D eigenvalue weighted by Gasteiger charge is -2.37. The molecule has 1 heterocycles. The highest BCUT2D eigenvalue weighted by atomic mass is 32.2. The van der Waals surface area contributed by atoms with E-state index in [0.717, 1.165) is 0 Å². The number of nitrogens with zero attached hydrogens (tertiary/aromatic N) is 2. The first kappa shape index (κ1) is 25.1. The van der Waals surface area contributed by atoms with E-state index in [4.69, 9.17) is 4.74 Å². The van der Waals surface area contributed by atoms with E-state index in [2.05, 4.69) is 0 Å². The number of carbonyl (C=O) groups excluding carboxylic acids is 1. The fourth-order valence-corrected chi connectivity index (χ4v) is 5.76. The highest BCUT2D eigenvalue weighted by Crippen LogP contribution is 2.36. The van der Waals surface area contributed by atoms with Crippen LogP contribution in [0, 0.1) is 11.7 Å². The van der Waals surface area contributed by atoms with Crippen molar-refractivity contribution in [1.29, 1.82) is 0 Å². The van der Waals surface area contributed by atoms with Gasteiger partial charge >= 0.3 is 0 Å². The van der Waals surface area contributed by atoms with Crippen LogP contribution < -0.4 is 4.74 Å². The monoisotopic (exact) mass is 478 g/mol. The van der Waals surface area contributed by atoms with Crippen LogP contribution in [0.1, 0.15) is 27.2 Å². The third-order valence-corrected chi connectivity index (χ3v) is 8.03. The van der Waals surface area contributed by atoms with Crippen molar-refractivity contribution in [2.24, 2.45) is 5.92 Å². The predicted molar refractivity (Wildman–Crippen MR) is 124 cm³/mol. The van der Waals surface area contributed by atoms with Gasteiger partial charge in [0.2, 0.25) is 15.9 Å². The molecule has 2 aromatic carbocycles. The van der Waals surface area contributed by atoms with Gasteiger partial charge in [-0.2, -0.15) is 4.31 Å². The number of ether oxygens (including phenoxy) is 1. The number of aliphatic hydroxyl groups excluding tert-OH is 1. The summed E-state index contributed by atoms with van der Waals surface area (Å²) < 4.78 is 48.4. The zero-order valence-electron chi connectivity index (χ0n) is 19.4. The van der Waals surface area contributed by atoms with Gasteiger partial charge in [0.25, 0.3) is 0 Å². The SMILES string of the molecule is CCC(=O)N(C)C[C@H]1Oc2cc(-c3cccc(F)c3)ccc2S(=O)(=O)N([C@@H](C)CO)C[C@H]1C. The van der Waals surface area contributed by atoms with Crippen molar-refractivity contribution in [2.45, 2.75) is 44.2 Å². The molecule has 0 radical (unpaired) electrons. The molecule has 0 aromatic heterocycles. The molecule has 1 amide bonds. The number of aliphatic hydroxyl groups is 1. The van der Waals surface area contributed by atoms with Crippen LogP contribution in [0.5, 0.6) is 5.75 Å². The quantitative estimate of drug-likeness (QED) is 0.689. The van der Waals surface area contributed by atoms with Crippen molar-refractivity contribution in [1.82, 2.24) is 9.21 Å². The molecule has 180 valence electrons. The molecular weight excluding hydrogens is 447 g/mol. The van der Waals surface area contributed by atoms with E-state index in [9.17, 15) is 22.7 Å². The minimum atomic E-state index is -3.97. The number of fused-ring (bicyclic) bond motifs is 1. The van der Waals surface area contributed by atoms with E-state index in [1.165, 1.54) is 22.5 Å². The van der Waals surface area contributed by atoms with Gasteiger partial charge in [-0.25, -0.2) is 12.8 Å². The van der Waals surface area contributed by atoms with Crippen molar-refractivity contribution < 1.29 is 27.4 Å². The number of carbonyl (C=O) groups is 1. The van der Waals surface area contributed by atoms with Gasteiger partial charge in [0.1, 0.15) is 22.6 Å². The molecule has 33 heavy (non-hydrogen) atoms. The Balaban J connectivity index is 2.12. The summed E-state index contributed by atoms with van der Waals surface area (Å²) in [5.74, 6) is -0.579. The first-order valence-electron chi connectivity index (χ1n) is 11.0. The molecule has 0 saturated heterocycles. The molecule has 1 N–H and O–H groups in total. The van der Waals surface area contributed by atoms with Gasteiger partial charge in [-0.3, -0.25) is 4.79 Å². The Kier molecular flexibility index (Phi) is 7.76. The summed E-state index contributed by atoms with van der Waals surface area (Å²) in [6.07, 6.45) is -0.143. The van der Waals surface area contributed by atoms with Gasteiger partial charge in [-0.05, 0) is 42.3 Å². The van der Waals surface area contributed by atoms with Crippen LogP contribution in [0.3, 0.4) is 0 Å². The van der Waals surface area contributed by atoms with Crippen LogP contribution in [0.25, 0.3) is 11.1 Å². The molecule has 0 spiro atoms. The molecule has 1 aliphatic heterocycles. The average Bonchev–Trinajstić information content (AvgIpc) is 2.79. The molecule has 1 aliphatic rings. The summed E-state index contributed by atoms with van der Waals surface area (Å²) in [5, 5.41) is 9.72. The second-order valence-electron chi connectivity index (χ2n) is 8.54. The molecule has 0 saturated carbocycles. The zero-order valence-corrected chi connectivity index (χ0v) is 20.2. The number of sulfonamides is 1. The van der Waals surface area contributed by atoms with Gasteiger partial charge in [0.15, 0.2) is 0 Å². The highest BCUT2D eigenvalue weighted by Gasteiger charge is 2.38. The molecule has 0 bridgehead atoms. The van der Waals surface area contributed by atoms with E-state index in [1.807, 2.05) is 6.92 Å². The normalized spacial score (nSPS) is 21.3. The minimum Gasteiger partial charge on any atom is -0.487 e. The number of amides is 1. The molecule has 0 aliphatic carbocycles. The first-order chi connectivity index (χ1) is 15.6. The lowest BCUT2D eigenvalue weighted by molar-refractivity contribution is -0.131. The number of likely N-dealkylation sites (N-methyl/N-ethyl adjacent to an activating group) is 1. The summed E-state index contributed by atoms with van der Waals surface area (Å²) >= 11 is 0. The molecule has 9 heteroatoms. The fourth-order valence-electron chi connectivity index (χ4n) is 3.93. The summed E-state index contributed by atoms with van der Waals surface area (Å²) in [6, 6.07) is 10.0. The smallest absolute Gasteiger partial charge is 0.247 e. The fraction of sp³-hybridized carbons (Fsp3) is 0.458. The first-order valence-corrected chi connectivity index (χ1v) is 12.5. The standard InChI is InChI=1S/C24H31FN2O5S/c1-5-24(29)26(4)14-22-16(2)13-27(17(3)15-28)33(30,31)23-10-9-19(12-21(23)32-22)18-7-6-8-20(25)11-18/h6-12,16-17,22,28H,5,13-15H2,1-4H3/t16-,17+,22-/m1/s1. The number of hydrogen-bond acceptors (Lipinski definition) is 5. The average molecular weight is 479 g/mol. The van der Waals surface area contributed by atoms with Crippen LogP contribution in [0.4, 0.5) is 4.39 Å². The Morgan fingerprint density at radius 3 is 2.61 bits per heavy atom. The lowest BCUT2D eigenvalue weighted by Crippen LogP contribution is -2.50. The molecule has 3 rings (SSSR count). The Bertz CT molecular complexity index is 1110. The Morgan fingerprint density at radius 2 is 1.97 bits per heavy atom. The topological polar surface area (TPSA) is 87.2 Å². The summed E-state index contributed by atoms with van der Waals surface area (Å²) in [4.78, 5) is 13.7. The molecular formula is C24H31FN2O5S. The summed E-state index contributed by atoms with van der Waals surface area (Å²) in [6.45, 7) is 5.37. The van der Waals surface area contributed by atoms with Gasteiger partial charge < -0.3 is 14.7 Å². The van der Waals surface area contributed by atoms with Crippen molar-refractivity contribution in [3.05, 3.63) is 48.3 Å². The maximum atomic E-state index is 13.8. The number of benzene rings is 2. The maximum Gasteiger partial charge on any atom is 0.247 e. The zero-order chi connectivity index (χ0) is 24.3. The predicted octanol–water partition coefficient (Wildman–Crippen LogP) is 3.13. The third-order valence-electron chi connectivity index (χ3n) is 6.01. The van der Waals surface area contributed by atoms with Crippen molar-refractivity contribution in [2.75, 3.05) is 26.7 Å². The second-order valence-corrected chi connectivity index (χ2v) is 10.4. The van der Waals surface area contributed by atoms with Gasteiger partial charge in [0.05, 0.1) is 13.2 Å². The van der Waals surface area contributed by atoms with Crippen LogP contribution in [0.15, 0.2) is 47.4 Å². The summed E-state index contributed by atoms with van der Waals surface area (Å²) in [7, 11) is -2.28. The third kappa shape index (κ3) is 5.37. The van der Waals surface area contributed by atoms with Crippen LogP contribution in [-0.2, 0) is 14.8 Å². The Morgan fingerprint density at radius 1 is 1.27 bits per heavy atom. The van der Waals surface area contributed by atoms with Crippen molar-refractivity contribution in [3.63, 3.8) is 0 Å². The van der Waals surface area contributed by atoms with E-state index in [1.54, 1.807) is 50.1 Å². The molecule has 2 aromatic rings. The number of rotatable bonds is 6. The summed E-state index contributed by atoms with van der Waals surface area (Å²) in [5.41, 5.74) is 1.19. The molecule has 0 fully saturated rings. The van der Waals surface area contributed by atoms with Crippen molar-refractivity contribution in [3.8, 4) is 16.9 Å². The molecule has 0 unspecified atom stereocenters.